The van der Waals surface area contributed by atoms with Crippen molar-refractivity contribution in [1.82, 2.24) is 14.5 Å². The van der Waals surface area contributed by atoms with Crippen LogP contribution in [0.3, 0.4) is 0 Å². The Labute approximate surface area is 190 Å². The van der Waals surface area contributed by atoms with E-state index in [0.29, 0.717) is 11.4 Å². The van der Waals surface area contributed by atoms with E-state index in [1.54, 1.807) is 26.0 Å². The minimum Gasteiger partial charge on any atom is -0.487 e. The number of halogens is 3. The highest BCUT2D eigenvalue weighted by molar-refractivity contribution is 9.10. The minimum atomic E-state index is -1.18. The number of hydrogen-bond donors (Lipinski definition) is 1. The summed E-state index contributed by atoms with van der Waals surface area (Å²) in [5.74, 6) is -1.21. The molecule has 0 saturated carbocycles. The molecule has 3 aromatic rings. The zero-order valence-corrected chi connectivity index (χ0v) is 18.8. The van der Waals surface area contributed by atoms with Crippen LogP contribution in [0.25, 0.3) is 0 Å². The van der Waals surface area contributed by atoms with Crippen LogP contribution in [0.4, 0.5) is 19.5 Å². The molecule has 1 aromatic carbocycles. The monoisotopic (exact) mass is 508 g/mol. The second-order valence-corrected chi connectivity index (χ2v) is 7.55. The van der Waals surface area contributed by atoms with Gasteiger partial charge in [0, 0.05) is 36.1 Å². The molecule has 0 unspecified atom stereocenters. The van der Waals surface area contributed by atoms with Crippen molar-refractivity contribution in [2.75, 3.05) is 11.4 Å². The zero-order chi connectivity index (χ0) is 23.4. The van der Waals surface area contributed by atoms with Gasteiger partial charge < -0.3 is 14.4 Å². The number of amides is 1. The third-order valence-corrected chi connectivity index (χ3v) is 5.35. The summed E-state index contributed by atoms with van der Waals surface area (Å²) < 4.78 is 34.0. The number of ether oxygens (including phenoxy) is 1. The smallest absolute Gasteiger partial charge is 0.414 e. The van der Waals surface area contributed by atoms with Crippen LogP contribution in [-0.2, 0) is 13.2 Å². The quantitative estimate of drug-likeness (QED) is 0.515. The second kappa shape index (κ2) is 9.86. The average Bonchev–Trinajstić information content (AvgIpc) is 2.74. The summed E-state index contributed by atoms with van der Waals surface area (Å²) in [6, 6.07) is 6.35. The van der Waals surface area contributed by atoms with Gasteiger partial charge >= 0.3 is 6.09 Å². The van der Waals surface area contributed by atoms with Crippen molar-refractivity contribution in [3.63, 3.8) is 0 Å². The topological polar surface area (TPSA) is 97.5 Å². The van der Waals surface area contributed by atoms with Gasteiger partial charge in [0.2, 0.25) is 5.95 Å². The Balaban J connectivity index is 1.85. The molecule has 8 nitrogen and oxygen atoms in total. The number of carbonyl (C=O) groups is 1. The van der Waals surface area contributed by atoms with E-state index in [2.05, 4.69) is 25.9 Å². The third kappa shape index (κ3) is 5.10. The maximum atomic E-state index is 13.8. The highest BCUT2D eigenvalue weighted by Crippen LogP contribution is 2.24. The predicted octanol–water partition coefficient (Wildman–Crippen LogP) is 4.12. The van der Waals surface area contributed by atoms with Crippen LogP contribution in [0, 0.1) is 18.6 Å². The fraction of sp³-hybridized carbons (Fsp3) is 0.238. The van der Waals surface area contributed by atoms with Crippen LogP contribution in [0.15, 0.2) is 45.8 Å². The Kier molecular flexibility index (Phi) is 7.18. The molecular formula is C21H19BrF2N4O4. The Hall–Kier alpha value is -3.34. The first-order chi connectivity index (χ1) is 15.2. The summed E-state index contributed by atoms with van der Waals surface area (Å²) in [5, 5.41) is 9.25. The van der Waals surface area contributed by atoms with Crippen LogP contribution in [-0.4, -0.2) is 32.3 Å². The van der Waals surface area contributed by atoms with E-state index in [1.807, 2.05) is 0 Å². The molecule has 32 heavy (non-hydrogen) atoms. The Bertz CT molecular complexity index is 1220. The Morgan fingerprint density at radius 2 is 2.03 bits per heavy atom. The van der Waals surface area contributed by atoms with E-state index < -0.39 is 23.3 Å². The summed E-state index contributed by atoms with van der Waals surface area (Å²) in [6.07, 6.45) is 0.243. The highest BCUT2D eigenvalue weighted by atomic mass is 79.9. The largest absolute Gasteiger partial charge is 0.487 e. The first kappa shape index (κ1) is 23.3. The molecule has 168 valence electrons. The molecule has 0 spiro atoms. The van der Waals surface area contributed by atoms with Crippen LogP contribution >= 0.6 is 15.9 Å². The highest BCUT2D eigenvalue weighted by Gasteiger charge is 2.17. The van der Waals surface area contributed by atoms with Crippen LogP contribution in [0.5, 0.6) is 5.75 Å². The van der Waals surface area contributed by atoms with Crippen LogP contribution in [0.2, 0.25) is 0 Å². The fourth-order valence-electron chi connectivity index (χ4n) is 2.94. The third-order valence-electron chi connectivity index (χ3n) is 4.62. The van der Waals surface area contributed by atoms with Crippen molar-refractivity contribution in [2.24, 2.45) is 0 Å². The first-order valence-corrected chi connectivity index (χ1v) is 10.3. The van der Waals surface area contributed by atoms with Gasteiger partial charge in [-0.05, 0) is 48.0 Å². The van der Waals surface area contributed by atoms with E-state index in [0.717, 1.165) is 17.0 Å². The average molecular weight is 509 g/mol. The van der Waals surface area contributed by atoms with E-state index in [1.165, 1.54) is 16.8 Å². The van der Waals surface area contributed by atoms with Crippen LogP contribution in [0.1, 0.15) is 23.9 Å². The molecule has 0 aliphatic carbocycles. The lowest BCUT2D eigenvalue weighted by atomic mass is 10.2. The molecule has 2 heterocycles. The Morgan fingerprint density at radius 1 is 1.28 bits per heavy atom. The van der Waals surface area contributed by atoms with Crippen molar-refractivity contribution in [3.05, 3.63) is 79.9 Å². The van der Waals surface area contributed by atoms with Crippen molar-refractivity contribution >= 4 is 28.0 Å². The number of pyridine rings is 1. The molecule has 11 heteroatoms. The number of carboxylic acid groups (broad SMARTS) is 1. The summed E-state index contributed by atoms with van der Waals surface area (Å²) in [4.78, 5) is 33.4. The number of benzene rings is 1. The van der Waals surface area contributed by atoms with E-state index >= 15 is 0 Å². The van der Waals surface area contributed by atoms with Gasteiger partial charge in [-0.25, -0.2) is 28.4 Å². The van der Waals surface area contributed by atoms with Gasteiger partial charge in [0.15, 0.2) is 0 Å². The number of anilines is 1. The summed E-state index contributed by atoms with van der Waals surface area (Å²) in [6.45, 7) is 3.40. The number of hydrogen-bond acceptors (Lipinski definition) is 5. The number of rotatable bonds is 7. The molecule has 3 rings (SSSR count). The predicted molar refractivity (Wildman–Crippen MR) is 116 cm³/mol. The summed E-state index contributed by atoms with van der Waals surface area (Å²) in [7, 11) is 0. The van der Waals surface area contributed by atoms with Crippen molar-refractivity contribution in [1.29, 1.82) is 0 Å². The molecule has 2 aromatic heterocycles. The van der Waals surface area contributed by atoms with Gasteiger partial charge in [-0.15, -0.1) is 0 Å². The minimum absolute atomic E-state index is 0.0172. The zero-order valence-electron chi connectivity index (χ0n) is 17.2. The lowest BCUT2D eigenvalue weighted by Crippen LogP contribution is -2.31. The van der Waals surface area contributed by atoms with E-state index in [9.17, 15) is 23.5 Å². The molecule has 0 atom stereocenters. The molecule has 0 aliphatic rings. The number of aromatic nitrogens is 3. The lowest BCUT2D eigenvalue weighted by molar-refractivity contribution is 0.201. The van der Waals surface area contributed by atoms with Gasteiger partial charge in [-0.1, -0.05) is 0 Å². The molecular weight excluding hydrogens is 490 g/mol. The molecule has 0 saturated heterocycles. The van der Waals surface area contributed by atoms with E-state index in [4.69, 9.17) is 4.74 Å². The standard InChI is InChI=1S/C21H19BrF2N4O4/c1-3-27(21(30)31)20-25-7-6-15(26-20)10-28-12(2)8-17(18(22)19(28)29)32-11-13-4-5-14(23)9-16(13)24/h4-9H,3,10-11H2,1-2H3,(H,30,31). The maximum Gasteiger partial charge on any atom is 0.414 e. The SMILES string of the molecule is CCN(C(=O)O)c1nccc(Cn2c(C)cc(OCc3ccc(F)cc3F)c(Br)c2=O)n1. The van der Waals surface area contributed by atoms with Gasteiger partial charge in [-0.3, -0.25) is 4.79 Å². The fourth-order valence-corrected chi connectivity index (χ4v) is 3.38. The van der Waals surface area contributed by atoms with Gasteiger partial charge in [0.05, 0.1) is 12.2 Å². The van der Waals surface area contributed by atoms with E-state index in [-0.39, 0.29) is 41.4 Å². The number of aryl methyl sites for hydroxylation is 1. The van der Waals surface area contributed by atoms with Crippen molar-refractivity contribution < 1.29 is 23.4 Å². The van der Waals surface area contributed by atoms with Gasteiger partial charge in [0.25, 0.3) is 5.56 Å². The van der Waals surface area contributed by atoms with Crippen molar-refractivity contribution in [2.45, 2.75) is 27.0 Å². The van der Waals surface area contributed by atoms with Crippen LogP contribution < -0.4 is 15.2 Å². The molecule has 0 bridgehead atoms. The van der Waals surface area contributed by atoms with Gasteiger partial charge in [-0.2, -0.15) is 0 Å². The lowest BCUT2D eigenvalue weighted by Gasteiger charge is -2.17. The summed E-state index contributed by atoms with van der Waals surface area (Å²) in [5.41, 5.74) is 0.713. The molecule has 0 fully saturated rings. The second-order valence-electron chi connectivity index (χ2n) is 6.75. The summed E-state index contributed by atoms with van der Waals surface area (Å²) >= 11 is 3.22. The number of nitrogens with zero attached hydrogens (tertiary/aromatic N) is 4. The molecule has 1 amide bonds. The Morgan fingerprint density at radius 3 is 2.69 bits per heavy atom. The first-order valence-electron chi connectivity index (χ1n) is 9.50. The van der Waals surface area contributed by atoms with Gasteiger partial charge in [0.1, 0.15) is 28.5 Å². The van der Waals surface area contributed by atoms with Crippen molar-refractivity contribution in [3.8, 4) is 5.75 Å². The normalized spacial score (nSPS) is 10.8. The maximum absolute atomic E-state index is 13.8. The molecule has 0 radical (unpaired) electrons. The molecule has 0 aliphatic heterocycles. The molecule has 1 N–H and O–H groups in total.